The highest BCUT2D eigenvalue weighted by Crippen LogP contribution is 2.25. The van der Waals surface area contributed by atoms with Crippen molar-refractivity contribution in [3.63, 3.8) is 0 Å². The summed E-state index contributed by atoms with van der Waals surface area (Å²) in [7, 11) is 0. The van der Waals surface area contributed by atoms with Crippen molar-refractivity contribution in [3.05, 3.63) is 40.7 Å². The second kappa shape index (κ2) is 6.32. The van der Waals surface area contributed by atoms with Crippen LogP contribution >= 0.6 is 0 Å². The van der Waals surface area contributed by atoms with E-state index >= 15 is 0 Å². The van der Waals surface area contributed by atoms with E-state index in [0.29, 0.717) is 31.2 Å². The molecule has 0 saturated carbocycles. The minimum atomic E-state index is -0.209. The lowest BCUT2D eigenvalue weighted by Gasteiger charge is -2.32. The zero-order valence-electron chi connectivity index (χ0n) is 13.8. The normalized spacial score (nSPS) is 20.7. The average Bonchev–Trinajstić information content (AvgIpc) is 3.05. The predicted octanol–water partition coefficient (Wildman–Crippen LogP) is 1.60. The maximum Gasteiger partial charge on any atom is 0.274 e. The van der Waals surface area contributed by atoms with Crippen LogP contribution in [-0.4, -0.2) is 50.7 Å². The molecule has 1 aliphatic heterocycles. The minimum Gasteiger partial charge on any atom is -0.368 e. The number of nitrogens with one attached hydrogen (secondary N) is 1. The summed E-state index contributed by atoms with van der Waals surface area (Å²) in [5, 5.41) is 7.35. The Morgan fingerprint density at radius 2 is 2.25 bits per heavy atom. The molecule has 1 amide bonds. The van der Waals surface area contributed by atoms with Crippen molar-refractivity contribution in [1.29, 1.82) is 0 Å². The molecule has 0 bridgehead atoms. The van der Waals surface area contributed by atoms with Gasteiger partial charge >= 0.3 is 0 Å². The second-order valence-electron chi connectivity index (χ2n) is 6.38. The number of aromatic amines is 1. The van der Waals surface area contributed by atoms with E-state index in [2.05, 4.69) is 20.2 Å². The predicted molar refractivity (Wildman–Crippen MR) is 86.6 cm³/mol. The number of aryl methyl sites for hydroxylation is 2. The Bertz CT molecular complexity index is 757. The molecule has 0 aromatic carbocycles. The number of morpholine rings is 1. The molecule has 1 fully saturated rings. The van der Waals surface area contributed by atoms with Crippen LogP contribution in [0.2, 0.25) is 0 Å². The molecule has 1 atom stereocenters. The Morgan fingerprint density at radius 3 is 3.12 bits per heavy atom. The zero-order valence-corrected chi connectivity index (χ0v) is 13.8. The number of H-pyrrole nitrogens is 1. The van der Waals surface area contributed by atoms with E-state index in [1.165, 1.54) is 0 Å². The fourth-order valence-electron chi connectivity index (χ4n) is 3.47. The molecule has 0 radical (unpaired) electrons. The topological polar surface area (TPSA) is 84.0 Å². The number of hydrogen-bond acceptors (Lipinski definition) is 5. The van der Waals surface area contributed by atoms with E-state index < -0.39 is 0 Å². The summed E-state index contributed by atoms with van der Waals surface area (Å²) in [5.41, 5.74) is 3.64. The minimum absolute atomic E-state index is 0.00604. The first-order valence-corrected chi connectivity index (χ1v) is 8.49. The molecule has 4 rings (SSSR count). The molecule has 1 saturated heterocycles. The number of hydrogen-bond donors (Lipinski definition) is 1. The van der Waals surface area contributed by atoms with Crippen LogP contribution in [0.3, 0.4) is 0 Å². The van der Waals surface area contributed by atoms with Crippen molar-refractivity contribution in [3.8, 4) is 0 Å². The molecule has 3 heterocycles. The molecule has 1 N–H and O–H groups in total. The molecule has 0 spiro atoms. The number of carbonyl (C=O) groups excluding carboxylic acids is 1. The summed E-state index contributed by atoms with van der Waals surface area (Å²) in [6.07, 6.45) is 5.73. The summed E-state index contributed by atoms with van der Waals surface area (Å²) in [6, 6.07) is 1.85. The van der Waals surface area contributed by atoms with Crippen molar-refractivity contribution < 1.29 is 9.53 Å². The second-order valence-corrected chi connectivity index (χ2v) is 6.38. The van der Waals surface area contributed by atoms with E-state index in [4.69, 9.17) is 4.74 Å². The Kier molecular flexibility index (Phi) is 4.02. The van der Waals surface area contributed by atoms with E-state index in [-0.39, 0.29) is 12.0 Å². The zero-order chi connectivity index (χ0) is 16.5. The third-order valence-electron chi connectivity index (χ3n) is 4.74. The number of carbonyl (C=O) groups is 1. The van der Waals surface area contributed by atoms with Gasteiger partial charge in [0.2, 0.25) is 0 Å². The summed E-state index contributed by atoms with van der Waals surface area (Å²) >= 11 is 0. The highest BCUT2D eigenvalue weighted by Gasteiger charge is 2.30. The Morgan fingerprint density at radius 1 is 1.38 bits per heavy atom. The van der Waals surface area contributed by atoms with Gasteiger partial charge in [-0.15, -0.1) is 0 Å². The van der Waals surface area contributed by atoms with Crippen LogP contribution in [0.15, 0.2) is 12.3 Å². The maximum atomic E-state index is 12.9. The SMILES string of the molecule is Cc1nccc([C@H]2CN(C(=O)c3n[nH]c4c3CCCC4)CCO2)n1. The maximum absolute atomic E-state index is 12.9. The van der Waals surface area contributed by atoms with Crippen LogP contribution in [0.25, 0.3) is 0 Å². The first-order valence-electron chi connectivity index (χ1n) is 8.49. The standard InChI is InChI=1S/C17H21N5O2/c1-11-18-7-6-14(19-11)15-10-22(8-9-24-15)17(23)16-12-4-2-3-5-13(12)20-21-16/h6-7,15H,2-5,8-10H2,1H3,(H,20,21)/t15-/m1/s1. The smallest absolute Gasteiger partial charge is 0.274 e. The Balaban J connectivity index is 1.54. The van der Waals surface area contributed by atoms with Crippen LogP contribution in [0.5, 0.6) is 0 Å². The molecule has 2 aromatic heterocycles. The lowest BCUT2D eigenvalue weighted by atomic mass is 9.95. The van der Waals surface area contributed by atoms with E-state index in [1.807, 2.05) is 17.9 Å². The van der Waals surface area contributed by atoms with Gasteiger partial charge in [0.1, 0.15) is 11.9 Å². The van der Waals surface area contributed by atoms with Crippen LogP contribution in [0.4, 0.5) is 0 Å². The van der Waals surface area contributed by atoms with E-state index in [9.17, 15) is 4.79 Å². The van der Waals surface area contributed by atoms with Gasteiger partial charge in [-0.25, -0.2) is 9.97 Å². The van der Waals surface area contributed by atoms with Gasteiger partial charge in [0.05, 0.1) is 18.8 Å². The molecule has 2 aromatic rings. The molecular formula is C17H21N5O2. The number of aromatic nitrogens is 4. The molecule has 126 valence electrons. The average molecular weight is 327 g/mol. The fraction of sp³-hybridized carbons (Fsp3) is 0.529. The molecule has 0 unspecified atom stereocenters. The molecule has 24 heavy (non-hydrogen) atoms. The highest BCUT2D eigenvalue weighted by atomic mass is 16.5. The van der Waals surface area contributed by atoms with E-state index in [0.717, 1.165) is 42.6 Å². The molecule has 1 aliphatic carbocycles. The van der Waals surface area contributed by atoms with Crippen molar-refractivity contribution >= 4 is 5.91 Å². The Labute approximate surface area is 140 Å². The number of amides is 1. The number of ether oxygens (including phenoxy) is 1. The highest BCUT2D eigenvalue weighted by molar-refractivity contribution is 5.94. The number of rotatable bonds is 2. The summed E-state index contributed by atoms with van der Waals surface area (Å²) in [6.45, 7) is 3.44. The lowest BCUT2D eigenvalue weighted by molar-refractivity contribution is -0.0250. The van der Waals surface area contributed by atoms with Gasteiger partial charge < -0.3 is 9.64 Å². The first kappa shape index (κ1) is 15.3. The largest absolute Gasteiger partial charge is 0.368 e. The first-order chi connectivity index (χ1) is 11.7. The van der Waals surface area contributed by atoms with Crippen LogP contribution in [0.1, 0.15) is 52.2 Å². The van der Waals surface area contributed by atoms with Gasteiger partial charge in [-0.3, -0.25) is 9.89 Å². The van der Waals surface area contributed by atoms with Crippen molar-refractivity contribution in [2.45, 2.75) is 38.7 Å². The molecule has 7 nitrogen and oxygen atoms in total. The number of fused-ring (bicyclic) bond motifs is 1. The van der Waals surface area contributed by atoms with Gasteiger partial charge in [0.25, 0.3) is 5.91 Å². The summed E-state index contributed by atoms with van der Waals surface area (Å²) < 4.78 is 5.82. The number of nitrogens with zero attached hydrogens (tertiary/aromatic N) is 4. The van der Waals surface area contributed by atoms with Gasteiger partial charge in [-0.05, 0) is 38.7 Å². The van der Waals surface area contributed by atoms with Crippen molar-refractivity contribution in [1.82, 2.24) is 25.1 Å². The quantitative estimate of drug-likeness (QED) is 0.906. The Hall–Kier alpha value is -2.28. The molecule has 2 aliphatic rings. The molecular weight excluding hydrogens is 306 g/mol. The summed E-state index contributed by atoms with van der Waals surface area (Å²) in [5.74, 6) is 0.703. The van der Waals surface area contributed by atoms with Crippen LogP contribution in [0, 0.1) is 6.92 Å². The third-order valence-corrected chi connectivity index (χ3v) is 4.74. The van der Waals surface area contributed by atoms with Crippen LogP contribution < -0.4 is 0 Å². The van der Waals surface area contributed by atoms with Gasteiger partial charge in [0, 0.05) is 24.0 Å². The molecule has 7 heteroatoms. The van der Waals surface area contributed by atoms with E-state index in [1.54, 1.807) is 6.20 Å². The lowest BCUT2D eigenvalue weighted by Crippen LogP contribution is -2.43. The van der Waals surface area contributed by atoms with Crippen molar-refractivity contribution in [2.24, 2.45) is 0 Å². The third kappa shape index (κ3) is 2.80. The van der Waals surface area contributed by atoms with Gasteiger partial charge in [0.15, 0.2) is 5.69 Å². The van der Waals surface area contributed by atoms with Crippen LogP contribution in [-0.2, 0) is 17.6 Å². The monoisotopic (exact) mass is 327 g/mol. The van der Waals surface area contributed by atoms with Gasteiger partial charge in [-0.1, -0.05) is 0 Å². The summed E-state index contributed by atoms with van der Waals surface area (Å²) in [4.78, 5) is 23.3. The van der Waals surface area contributed by atoms with Crippen molar-refractivity contribution in [2.75, 3.05) is 19.7 Å². The fourth-order valence-corrected chi connectivity index (χ4v) is 3.47. The van der Waals surface area contributed by atoms with Gasteiger partial charge in [-0.2, -0.15) is 5.10 Å².